The van der Waals surface area contributed by atoms with E-state index < -0.39 is 0 Å². The molecule has 4 aromatic carbocycles. The molecular formula is C60H64Ir2N2O4S2-2. The zero-order valence-corrected chi connectivity index (χ0v) is 48.5. The molecule has 6 nitrogen and oxygen atoms in total. The molecule has 0 bridgehead atoms. The summed E-state index contributed by atoms with van der Waals surface area (Å²) in [5.41, 5.74) is 12.5. The number of fused-ring (bicyclic) bond motifs is 2. The second kappa shape index (κ2) is 28.0. The predicted octanol–water partition coefficient (Wildman–Crippen LogP) is 17.4. The van der Waals surface area contributed by atoms with E-state index in [1.165, 1.54) is 103 Å². The van der Waals surface area contributed by atoms with Gasteiger partial charge in [0.15, 0.2) is 11.6 Å². The fourth-order valence-electron chi connectivity index (χ4n) is 7.44. The standard InChI is InChI=1S/2C25H24NS.2C5H8O2.2Ir/c1-16(2)20-11-8-12-21(17(3)4)25(20)24-13-19-15-26-22(14-23(19)27-24)18-9-6-5-7-10-18;1-16(2)19-10-20(17(3)4)12-21(11-19)24-13-22-15-26-23(14-25(22)27-24)18-8-6-5-7-9-18;2*1-4(6)3-5(2)7;;/h5-9,11-17H,1-4H3;5-8,10-17H,1-4H3;2*3,6H,1-2H3;;/q2*-1;;;;. The van der Waals surface area contributed by atoms with Crippen LogP contribution in [-0.2, 0) is 49.8 Å². The average Bonchev–Trinajstić information content (AvgIpc) is 3.93. The summed E-state index contributed by atoms with van der Waals surface area (Å²) >= 11 is 3.71. The third-order valence-corrected chi connectivity index (χ3v) is 13.1. The zero-order valence-electron chi connectivity index (χ0n) is 42.1. The Kier molecular flexibility index (Phi) is 23.7. The Bertz CT molecular complexity index is 2930. The van der Waals surface area contributed by atoms with E-state index >= 15 is 0 Å². The molecule has 0 atom stereocenters. The van der Waals surface area contributed by atoms with Gasteiger partial charge in [0.25, 0.3) is 0 Å². The van der Waals surface area contributed by atoms with Gasteiger partial charge in [0.1, 0.15) is 0 Å². The van der Waals surface area contributed by atoms with E-state index in [1.807, 2.05) is 71.5 Å². The second-order valence-electron chi connectivity index (χ2n) is 18.1. The van der Waals surface area contributed by atoms with Gasteiger partial charge in [-0.3, -0.25) is 9.59 Å². The number of aromatic nitrogens is 2. The summed E-state index contributed by atoms with van der Waals surface area (Å²) in [6, 6.07) is 45.3. The Hall–Kier alpha value is -5.18. The molecule has 4 aromatic heterocycles. The van der Waals surface area contributed by atoms with Crippen LogP contribution in [0.2, 0.25) is 0 Å². The van der Waals surface area contributed by atoms with E-state index in [4.69, 9.17) is 10.2 Å². The summed E-state index contributed by atoms with van der Waals surface area (Å²) in [5.74, 6) is 1.92. The van der Waals surface area contributed by atoms with Gasteiger partial charge in [-0.25, -0.2) is 0 Å². The number of hydrogen-bond acceptors (Lipinski definition) is 8. The number of thiophene rings is 2. The molecular weight excluding hydrogens is 1260 g/mol. The van der Waals surface area contributed by atoms with Crippen LogP contribution in [0.4, 0.5) is 0 Å². The summed E-state index contributed by atoms with van der Waals surface area (Å²) in [5, 5.41) is 19.1. The number of benzene rings is 4. The first-order valence-electron chi connectivity index (χ1n) is 23.1. The van der Waals surface area contributed by atoms with Crippen molar-refractivity contribution in [3.05, 3.63) is 180 Å². The van der Waals surface area contributed by atoms with Gasteiger partial charge < -0.3 is 20.2 Å². The topological polar surface area (TPSA) is 100 Å². The van der Waals surface area contributed by atoms with Gasteiger partial charge in [0, 0.05) is 94.7 Å². The van der Waals surface area contributed by atoms with E-state index in [1.54, 1.807) is 0 Å². The Morgan fingerprint density at radius 3 is 1.29 bits per heavy atom. The SMILES string of the molecule is CC(=O)C=C(C)O.CC(=O)C=C(C)O.CC(C)c1cc(-c2cc3cnc(-c4[c-]cccc4)cc3s2)cc(C(C)C)c1.CC(C)c1cccc(C(C)C)c1-c1cc2cnc(-c3[c-]cccc3)cc2s1.[Ir].[Ir]. The molecule has 370 valence electrons. The molecule has 0 spiro atoms. The number of rotatable bonds is 10. The van der Waals surface area contributed by atoms with Gasteiger partial charge in [-0.15, -0.1) is 94.5 Å². The van der Waals surface area contributed by atoms with Gasteiger partial charge in [-0.1, -0.05) is 104 Å². The summed E-state index contributed by atoms with van der Waals surface area (Å²) in [6.45, 7) is 23.9. The minimum absolute atomic E-state index is 0. The Morgan fingerprint density at radius 2 is 0.943 bits per heavy atom. The molecule has 0 unspecified atom stereocenters. The predicted molar refractivity (Wildman–Crippen MR) is 289 cm³/mol. The number of carbonyl (C=O) groups excluding carboxylic acids is 2. The minimum Gasteiger partial charge on any atom is -0.512 e. The first kappa shape index (κ1) is 59.1. The average molecular weight is 1330 g/mol. The van der Waals surface area contributed by atoms with Crippen molar-refractivity contribution in [1.82, 2.24) is 9.97 Å². The monoisotopic (exact) mass is 1330 g/mol. The molecule has 0 fully saturated rings. The number of aliphatic hydroxyl groups is 2. The Balaban J connectivity index is 0.000000285. The number of pyridine rings is 2. The van der Waals surface area contributed by atoms with Crippen molar-refractivity contribution < 1.29 is 60.0 Å². The van der Waals surface area contributed by atoms with E-state index in [-0.39, 0.29) is 63.3 Å². The molecule has 2 radical (unpaired) electrons. The zero-order chi connectivity index (χ0) is 49.7. The van der Waals surface area contributed by atoms with Crippen LogP contribution in [0.1, 0.15) is 129 Å². The summed E-state index contributed by atoms with van der Waals surface area (Å²) < 4.78 is 2.55. The Labute approximate surface area is 450 Å². The van der Waals surface area contributed by atoms with Crippen molar-refractivity contribution in [2.75, 3.05) is 0 Å². The summed E-state index contributed by atoms with van der Waals surface area (Å²) in [4.78, 5) is 32.0. The van der Waals surface area contributed by atoms with Gasteiger partial charge in [0.2, 0.25) is 0 Å². The first-order valence-corrected chi connectivity index (χ1v) is 24.7. The number of carbonyl (C=O) groups is 2. The molecule has 2 N–H and O–H groups in total. The number of nitrogens with zero attached hydrogens (tertiary/aromatic N) is 2. The first-order chi connectivity index (χ1) is 32.3. The van der Waals surface area contributed by atoms with Crippen molar-refractivity contribution in [2.45, 2.75) is 107 Å². The van der Waals surface area contributed by atoms with Crippen LogP contribution >= 0.6 is 22.7 Å². The summed E-state index contributed by atoms with van der Waals surface area (Å²) in [7, 11) is 0. The number of aliphatic hydroxyl groups excluding tert-OH is 2. The maximum absolute atomic E-state index is 10.0. The molecule has 70 heavy (non-hydrogen) atoms. The molecule has 0 aliphatic rings. The smallest absolute Gasteiger partial charge is 0.155 e. The van der Waals surface area contributed by atoms with Crippen LogP contribution in [-0.4, -0.2) is 31.7 Å². The summed E-state index contributed by atoms with van der Waals surface area (Å²) in [6.07, 6.45) is 6.32. The largest absolute Gasteiger partial charge is 0.512 e. The Morgan fingerprint density at radius 1 is 0.529 bits per heavy atom. The molecule has 8 rings (SSSR count). The van der Waals surface area contributed by atoms with Crippen LogP contribution in [0.3, 0.4) is 0 Å². The molecule has 0 aliphatic heterocycles. The third kappa shape index (κ3) is 17.0. The number of hydrogen-bond donors (Lipinski definition) is 2. The van der Waals surface area contributed by atoms with Crippen molar-refractivity contribution in [2.24, 2.45) is 0 Å². The molecule has 4 heterocycles. The van der Waals surface area contributed by atoms with Crippen LogP contribution in [0.25, 0.3) is 63.6 Å². The van der Waals surface area contributed by atoms with E-state index in [0.717, 1.165) is 22.5 Å². The van der Waals surface area contributed by atoms with E-state index in [0.29, 0.717) is 23.7 Å². The van der Waals surface area contributed by atoms with E-state index in [9.17, 15) is 9.59 Å². The van der Waals surface area contributed by atoms with Crippen LogP contribution in [0.15, 0.2) is 145 Å². The fourth-order valence-corrected chi connectivity index (χ4v) is 9.66. The van der Waals surface area contributed by atoms with Gasteiger partial charge in [-0.05, 0) is 108 Å². The fraction of sp³-hybridized carbons (Fsp3) is 0.267. The van der Waals surface area contributed by atoms with E-state index in [2.05, 4.69) is 150 Å². The van der Waals surface area contributed by atoms with Gasteiger partial charge in [-0.2, -0.15) is 0 Å². The van der Waals surface area contributed by atoms with Crippen molar-refractivity contribution in [3.63, 3.8) is 0 Å². The van der Waals surface area contributed by atoms with Crippen LogP contribution in [0, 0.1) is 12.1 Å². The quantitative estimate of drug-likeness (QED) is 0.0804. The molecule has 0 saturated carbocycles. The van der Waals surface area contributed by atoms with Crippen molar-refractivity contribution in [1.29, 1.82) is 0 Å². The molecule has 10 heteroatoms. The molecule has 8 aromatic rings. The van der Waals surface area contributed by atoms with Crippen molar-refractivity contribution >= 4 is 54.4 Å². The normalized spacial score (nSPS) is 11.3. The molecule has 0 aliphatic carbocycles. The third-order valence-electron chi connectivity index (χ3n) is 10.8. The number of allylic oxidation sites excluding steroid dienone is 4. The molecule has 0 saturated heterocycles. The second-order valence-corrected chi connectivity index (χ2v) is 20.3. The van der Waals surface area contributed by atoms with Crippen LogP contribution in [0.5, 0.6) is 0 Å². The van der Waals surface area contributed by atoms with Gasteiger partial charge >= 0.3 is 0 Å². The maximum atomic E-state index is 10.0. The molecule has 0 amide bonds. The van der Waals surface area contributed by atoms with Crippen LogP contribution < -0.4 is 0 Å². The minimum atomic E-state index is -0.125. The van der Waals surface area contributed by atoms with Gasteiger partial charge in [0.05, 0.1) is 11.5 Å². The number of ketones is 2. The maximum Gasteiger partial charge on any atom is 0.155 e. The van der Waals surface area contributed by atoms with Crippen molar-refractivity contribution in [3.8, 4) is 43.4 Å².